The van der Waals surface area contributed by atoms with Crippen LogP contribution < -0.4 is 0 Å². The Balaban J connectivity index is 1.62. The van der Waals surface area contributed by atoms with Crippen LogP contribution in [0.1, 0.15) is 68.1 Å². The van der Waals surface area contributed by atoms with Crippen molar-refractivity contribution in [1.82, 2.24) is 0 Å². The van der Waals surface area contributed by atoms with Crippen LogP contribution in [0.5, 0.6) is 0 Å². The first-order valence-electron chi connectivity index (χ1n) is 10.5. The summed E-state index contributed by atoms with van der Waals surface area (Å²) in [6, 6.07) is 7.30. The van der Waals surface area contributed by atoms with Gasteiger partial charge in [0.25, 0.3) is 0 Å². The van der Waals surface area contributed by atoms with Gasteiger partial charge in [-0.1, -0.05) is 38.0 Å². The van der Waals surface area contributed by atoms with Crippen molar-refractivity contribution in [3.63, 3.8) is 0 Å². The van der Waals surface area contributed by atoms with E-state index in [0.717, 1.165) is 30.9 Å². The molecular formula is C24H25F5. The van der Waals surface area contributed by atoms with E-state index in [9.17, 15) is 22.0 Å². The van der Waals surface area contributed by atoms with Gasteiger partial charge in [-0.3, -0.25) is 0 Å². The normalized spacial score (nSPS) is 24.1. The van der Waals surface area contributed by atoms with E-state index in [1.165, 1.54) is 43.2 Å². The zero-order valence-corrected chi connectivity index (χ0v) is 16.5. The van der Waals surface area contributed by atoms with Crippen LogP contribution in [0.4, 0.5) is 22.0 Å². The molecule has 0 radical (unpaired) electrons. The van der Waals surface area contributed by atoms with E-state index < -0.39 is 23.4 Å². The Kier molecular flexibility index (Phi) is 5.43. The first-order valence-corrected chi connectivity index (χ1v) is 10.5. The van der Waals surface area contributed by atoms with Crippen molar-refractivity contribution >= 4 is 0 Å². The lowest BCUT2D eigenvalue weighted by Gasteiger charge is -2.40. The Labute approximate surface area is 168 Å². The Morgan fingerprint density at radius 2 is 1.66 bits per heavy atom. The molecule has 156 valence electrons. The highest BCUT2D eigenvalue weighted by atomic mass is 19.4. The molecule has 4 rings (SSSR count). The maximum absolute atomic E-state index is 14.0. The first kappa shape index (κ1) is 20.4. The number of hydrogen-bond acceptors (Lipinski definition) is 0. The van der Waals surface area contributed by atoms with Crippen molar-refractivity contribution < 1.29 is 22.0 Å². The molecule has 0 nitrogen and oxygen atoms in total. The van der Waals surface area contributed by atoms with Gasteiger partial charge in [-0.15, -0.1) is 0 Å². The SMILES string of the molecule is CCCC1CCC2c3ccc(-c4cc(F)c(C(F)(F)F)c(F)c4)cc3CCC2C1. The van der Waals surface area contributed by atoms with Gasteiger partial charge in [-0.25, -0.2) is 8.78 Å². The summed E-state index contributed by atoms with van der Waals surface area (Å²) in [5.74, 6) is -1.10. The van der Waals surface area contributed by atoms with Gasteiger partial charge in [0.15, 0.2) is 0 Å². The molecule has 3 atom stereocenters. The van der Waals surface area contributed by atoms with Crippen molar-refractivity contribution in [3.05, 3.63) is 58.7 Å². The molecule has 3 unspecified atom stereocenters. The van der Waals surface area contributed by atoms with Crippen LogP contribution in [0, 0.1) is 23.5 Å². The number of hydrogen-bond donors (Lipinski definition) is 0. The third-order valence-corrected chi connectivity index (χ3v) is 6.77. The largest absolute Gasteiger partial charge is 0.422 e. The fourth-order valence-corrected chi connectivity index (χ4v) is 5.48. The maximum atomic E-state index is 14.0. The summed E-state index contributed by atoms with van der Waals surface area (Å²) < 4.78 is 66.5. The molecule has 0 saturated heterocycles. The predicted octanol–water partition coefficient (Wildman–Crippen LogP) is 7.90. The van der Waals surface area contributed by atoms with Crippen molar-refractivity contribution in [3.8, 4) is 11.1 Å². The molecule has 2 aliphatic rings. The molecule has 0 aliphatic heterocycles. The van der Waals surface area contributed by atoms with E-state index in [1.54, 1.807) is 6.07 Å². The van der Waals surface area contributed by atoms with Crippen LogP contribution in [-0.4, -0.2) is 0 Å². The van der Waals surface area contributed by atoms with E-state index in [4.69, 9.17) is 0 Å². The Bertz CT molecular complexity index is 876. The Hall–Kier alpha value is -1.91. The first-order chi connectivity index (χ1) is 13.8. The molecule has 2 aromatic carbocycles. The summed E-state index contributed by atoms with van der Waals surface area (Å²) in [6.07, 6.45) is 3.17. The highest BCUT2D eigenvalue weighted by Crippen LogP contribution is 2.48. The molecule has 0 bridgehead atoms. The fraction of sp³-hybridized carbons (Fsp3) is 0.500. The van der Waals surface area contributed by atoms with Gasteiger partial charge in [-0.2, -0.15) is 13.2 Å². The highest BCUT2D eigenvalue weighted by Gasteiger charge is 2.38. The zero-order valence-electron chi connectivity index (χ0n) is 16.5. The molecule has 1 fully saturated rings. The van der Waals surface area contributed by atoms with Crippen LogP contribution in [0.25, 0.3) is 11.1 Å². The monoisotopic (exact) mass is 408 g/mol. The average molecular weight is 408 g/mol. The molecule has 29 heavy (non-hydrogen) atoms. The standard InChI is InChI=1S/C24H25F5/c1-2-3-14-4-8-19-16(10-14)5-6-17-11-15(7-9-20(17)19)18-12-21(25)23(22(26)13-18)24(27,28)29/h7,9,11-14,16,19H,2-6,8,10H2,1H3. The summed E-state index contributed by atoms with van der Waals surface area (Å²) >= 11 is 0. The second-order valence-electron chi connectivity index (χ2n) is 8.60. The van der Waals surface area contributed by atoms with Crippen LogP contribution in [0.2, 0.25) is 0 Å². The summed E-state index contributed by atoms with van der Waals surface area (Å²) in [6.45, 7) is 2.23. The molecule has 0 aromatic heterocycles. The Morgan fingerprint density at radius 3 is 2.31 bits per heavy atom. The number of aryl methyl sites for hydroxylation is 1. The van der Waals surface area contributed by atoms with Gasteiger partial charge < -0.3 is 0 Å². The second-order valence-corrected chi connectivity index (χ2v) is 8.60. The zero-order chi connectivity index (χ0) is 20.8. The molecule has 2 aliphatic carbocycles. The van der Waals surface area contributed by atoms with E-state index in [0.29, 0.717) is 17.4 Å². The van der Waals surface area contributed by atoms with Gasteiger partial charge in [0.1, 0.15) is 17.2 Å². The third-order valence-electron chi connectivity index (χ3n) is 6.77. The molecule has 0 heterocycles. The van der Waals surface area contributed by atoms with Gasteiger partial charge in [0, 0.05) is 0 Å². The number of benzene rings is 2. The van der Waals surface area contributed by atoms with Crippen LogP contribution in [0.15, 0.2) is 30.3 Å². The minimum Gasteiger partial charge on any atom is -0.206 e. The van der Waals surface area contributed by atoms with Crippen molar-refractivity contribution in [2.75, 3.05) is 0 Å². The predicted molar refractivity (Wildman–Crippen MR) is 104 cm³/mol. The van der Waals surface area contributed by atoms with Crippen LogP contribution in [-0.2, 0) is 12.6 Å². The van der Waals surface area contributed by atoms with Gasteiger partial charge in [-0.05, 0) is 84.2 Å². The van der Waals surface area contributed by atoms with Crippen molar-refractivity contribution in [2.45, 2.75) is 64.0 Å². The van der Waals surface area contributed by atoms with E-state index >= 15 is 0 Å². The van der Waals surface area contributed by atoms with E-state index in [2.05, 4.69) is 6.92 Å². The molecule has 0 amide bonds. The number of rotatable bonds is 3. The third kappa shape index (κ3) is 3.93. The summed E-state index contributed by atoms with van der Waals surface area (Å²) in [7, 11) is 0. The lowest BCUT2D eigenvalue weighted by Crippen LogP contribution is -2.28. The maximum Gasteiger partial charge on any atom is 0.422 e. The molecule has 2 aromatic rings. The second kappa shape index (κ2) is 7.73. The lowest BCUT2D eigenvalue weighted by atomic mass is 9.64. The molecule has 0 spiro atoms. The van der Waals surface area contributed by atoms with Crippen molar-refractivity contribution in [2.24, 2.45) is 11.8 Å². The smallest absolute Gasteiger partial charge is 0.206 e. The van der Waals surface area contributed by atoms with Crippen molar-refractivity contribution in [1.29, 1.82) is 0 Å². The number of alkyl halides is 3. The average Bonchev–Trinajstić information content (AvgIpc) is 2.65. The lowest BCUT2D eigenvalue weighted by molar-refractivity contribution is -0.142. The van der Waals surface area contributed by atoms with Gasteiger partial charge in [0.2, 0.25) is 0 Å². The molecule has 0 N–H and O–H groups in total. The summed E-state index contributed by atoms with van der Waals surface area (Å²) in [5, 5.41) is 0. The molecule has 1 saturated carbocycles. The van der Waals surface area contributed by atoms with E-state index in [1.807, 2.05) is 12.1 Å². The molecular weight excluding hydrogens is 383 g/mol. The van der Waals surface area contributed by atoms with E-state index in [-0.39, 0.29) is 5.56 Å². The van der Waals surface area contributed by atoms with Crippen LogP contribution >= 0.6 is 0 Å². The number of fused-ring (bicyclic) bond motifs is 3. The highest BCUT2D eigenvalue weighted by molar-refractivity contribution is 5.66. The summed E-state index contributed by atoms with van der Waals surface area (Å²) in [5.41, 5.74) is 1.36. The summed E-state index contributed by atoms with van der Waals surface area (Å²) in [4.78, 5) is 0. The van der Waals surface area contributed by atoms with Gasteiger partial charge >= 0.3 is 6.18 Å². The fourth-order valence-electron chi connectivity index (χ4n) is 5.48. The minimum absolute atomic E-state index is 0.143. The number of halogens is 5. The Morgan fingerprint density at radius 1 is 0.931 bits per heavy atom. The van der Waals surface area contributed by atoms with Crippen LogP contribution in [0.3, 0.4) is 0 Å². The topological polar surface area (TPSA) is 0 Å². The van der Waals surface area contributed by atoms with Gasteiger partial charge in [0.05, 0.1) is 0 Å². The minimum atomic E-state index is -5.05. The quantitative estimate of drug-likeness (QED) is 0.453. The molecule has 5 heteroatoms.